The number of carbonyl (C=O) groups is 2. The van der Waals surface area contributed by atoms with E-state index in [0.717, 1.165) is 62.4 Å². The van der Waals surface area contributed by atoms with E-state index in [1.54, 1.807) is 24.3 Å². The van der Waals surface area contributed by atoms with Crippen molar-refractivity contribution in [3.8, 4) is 19.5 Å². The highest BCUT2D eigenvalue weighted by molar-refractivity contribution is 7.27. The summed E-state index contributed by atoms with van der Waals surface area (Å²) in [5.74, 6) is -1.58. The summed E-state index contributed by atoms with van der Waals surface area (Å²) < 4.78 is 121. The van der Waals surface area contributed by atoms with Crippen LogP contribution in [0.1, 0.15) is 88.2 Å². The minimum Gasteiger partial charge on any atom is -0.289 e. The number of thiophene rings is 4. The SMILES string of the molecule is [2H]/C(=C1/C(=O)c2ccccc2C1(C([2H])([2H])[2H])C([2H])([2H])[2H])c1ccc(-c2cc3cc4sc(-c5ccc(/C([2H])=C6\C(=O)c7ccccc7C6(C([2H])([2H])[2H])C([2H])([2H])[2H])s5)cc4cc3s2)s1. The molecule has 9 rings (SSSR count). The van der Waals surface area contributed by atoms with Crippen LogP contribution < -0.4 is 0 Å². The van der Waals surface area contributed by atoms with Crippen LogP contribution in [0.3, 0.4) is 0 Å². The van der Waals surface area contributed by atoms with E-state index in [1.165, 1.54) is 71.2 Å². The van der Waals surface area contributed by atoms with Crippen molar-refractivity contribution >= 4 is 89.2 Å². The maximum Gasteiger partial charge on any atom is 0.190 e. The average molecular weight is 709 g/mol. The number of hydrogen-bond acceptors (Lipinski definition) is 6. The third-order valence-corrected chi connectivity index (χ3v) is 13.3. The van der Waals surface area contributed by atoms with Crippen LogP contribution in [-0.4, -0.2) is 11.6 Å². The highest BCUT2D eigenvalue weighted by atomic mass is 32.1. The molecule has 0 spiro atoms. The standard InChI is InChI=1S/C42H30O2S4/c1-41(2)29-11-7-5-9-27(29)39(43)31(41)21-25-13-15-33(45-25)37-19-23-17-36-24(18-35(23)47-37)20-38(48-36)34-16-14-26(46-34)22-32-40(44)28-10-6-8-12-30(28)42(32,3)4/h5-22H,1-4H3/b31-21+,32-22+/i1D3,2D3,3D3,4D3,21D,22D. The molecule has 4 aromatic heterocycles. The summed E-state index contributed by atoms with van der Waals surface area (Å²) in [7, 11) is 0. The molecule has 0 fully saturated rings. The molecule has 0 amide bonds. The van der Waals surface area contributed by atoms with Crippen molar-refractivity contribution < 1.29 is 28.8 Å². The molecule has 4 heterocycles. The Morgan fingerprint density at radius 3 is 1.42 bits per heavy atom. The molecule has 0 N–H and O–H groups in total. The fourth-order valence-corrected chi connectivity index (χ4v) is 10.5. The van der Waals surface area contributed by atoms with Gasteiger partial charge in [0.1, 0.15) is 0 Å². The second kappa shape index (κ2) is 10.6. The number of allylic oxidation sites excluding steroid dienone is 2. The first kappa shape index (κ1) is 18.5. The summed E-state index contributed by atoms with van der Waals surface area (Å²) in [6.45, 7) is -12.7. The second-order valence-electron chi connectivity index (χ2n) is 11.7. The smallest absolute Gasteiger partial charge is 0.190 e. The molecular weight excluding hydrogens is 665 g/mol. The lowest BCUT2D eigenvalue weighted by molar-refractivity contribution is 0.102. The third kappa shape index (κ3) is 4.54. The summed E-state index contributed by atoms with van der Waals surface area (Å²) in [6, 6.07) is 25.4. The van der Waals surface area contributed by atoms with Gasteiger partial charge in [0.05, 0.1) is 2.74 Å². The van der Waals surface area contributed by atoms with Crippen molar-refractivity contribution in [1.82, 2.24) is 0 Å². The molecule has 234 valence electrons. The fourth-order valence-electron chi connectivity index (χ4n) is 6.33. The van der Waals surface area contributed by atoms with Crippen LogP contribution in [0.25, 0.3) is 51.8 Å². The zero-order valence-electron chi connectivity index (χ0n) is 38.7. The Bertz CT molecular complexity index is 2830. The Balaban J connectivity index is 1.06. The van der Waals surface area contributed by atoms with Crippen molar-refractivity contribution in [2.24, 2.45) is 0 Å². The number of carbonyl (C=O) groups excluding carboxylic acids is 2. The summed E-state index contributed by atoms with van der Waals surface area (Å²) in [5, 5.41) is 1.84. The molecule has 0 saturated heterocycles. The first-order valence-corrected chi connectivity index (χ1v) is 18.1. The minimum atomic E-state index is -3.17. The van der Waals surface area contributed by atoms with E-state index >= 15 is 0 Å². The predicted octanol–water partition coefficient (Wildman–Crippen LogP) is 12.7. The Kier molecular flexibility index (Phi) is 4.11. The monoisotopic (exact) mass is 708 g/mol. The van der Waals surface area contributed by atoms with Crippen LogP contribution in [0, 0.1) is 0 Å². The zero-order chi connectivity index (χ0) is 44.7. The van der Waals surface area contributed by atoms with Gasteiger partial charge >= 0.3 is 0 Å². The predicted molar refractivity (Wildman–Crippen MR) is 207 cm³/mol. The van der Waals surface area contributed by atoms with Gasteiger partial charge < -0.3 is 0 Å². The van der Waals surface area contributed by atoms with Gasteiger partial charge in [0, 0.05) is 88.2 Å². The van der Waals surface area contributed by atoms with E-state index in [0.29, 0.717) is 0 Å². The van der Waals surface area contributed by atoms with Crippen LogP contribution >= 0.6 is 45.3 Å². The Morgan fingerprint density at radius 1 is 0.542 bits per heavy atom. The molecule has 2 aliphatic rings. The minimum absolute atomic E-state index is 0.0399. The molecule has 2 nitrogen and oxygen atoms in total. The van der Waals surface area contributed by atoms with E-state index in [4.69, 9.17) is 19.2 Å². The quantitative estimate of drug-likeness (QED) is 0.171. The van der Waals surface area contributed by atoms with Crippen LogP contribution in [0.4, 0.5) is 0 Å². The van der Waals surface area contributed by atoms with E-state index in [9.17, 15) is 9.59 Å². The average Bonchev–Trinajstić information content (AvgIpc) is 4.03. The number of fused-ring (bicyclic) bond motifs is 4. The highest BCUT2D eigenvalue weighted by Crippen LogP contribution is 2.47. The lowest BCUT2D eigenvalue weighted by Crippen LogP contribution is -2.16. The van der Waals surface area contributed by atoms with E-state index < -0.39 is 73.1 Å². The molecule has 0 unspecified atom stereocenters. The fraction of sp³-hybridized carbons (Fsp3) is 0.143. The van der Waals surface area contributed by atoms with Gasteiger partial charge in [-0.05, 0) is 82.5 Å². The van der Waals surface area contributed by atoms with Crippen molar-refractivity contribution in [3.05, 3.63) is 140 Å². The first-order valence-electron chi connectivity index (χ1n) is 21.8. The molecule has 7 aromatic rings. The van der Waals surface area contributed by atoms with Gasteiger partial charge in [-0.25, -0.2) is 0 Å². The van der Waals surface area contributed by atoms with Gasteiger partial charge in [-0.15, -0.1) is 45.3 Å². The van der Waals surface area contributed by atoms with Crippen LogP contribution in [-0.2, 0) is 10.8 Å². The van der Waals surface area contributed by atoms with E-state index in [-0.39, 0.29) is 32.0 Å². The van der Waals surface area contributed by atoms with Gasteiger partial charge in [0.25, 0.3) is 0 Å². The van der Waals surface area contributed by atoms with Crippen LogP contribution in [0.15, 0.2) is 108 Å². The summed E-state index contributed by atoms with van der Waals surface area (Å²) in [4.78, 5) is 31.3. The van der Waals surface area contributed by atoms with Crippen LogP contribution in [0.5, 0.6) is 0 Å². The Labute approximate surface area is 315 Å². The third-order valence-electron chi connectivity index (χ3n) is 8.70. The number of Topliss-reactive ketones (excluding diaryl/α,β-unsaturated/α-hetero) is 2. The normalized spacial score (nSPS) is 23.8. The molecule has 0 aliphatic heterocycles. The molecule has 0 radical (unpaired) electrons. The molecule has 0 atom stereocenters. The molecule has 0 saturated carbocycles. The molecule has 6 heteroatoms. The topological polar surface area (TPSA) is 34.1 Å². The van der Waals surface area contributed by atoms with Crippen molar-refractivity contribution in [1.29, 1.82) is 0 Å². The summed E-state index contributed by atoms with van der Waals surface area (Å²) in [5.41, 5.74) is -6.84. The molecule has 48 heavy (non-hydrogen) atoms. The number of rotatable bonds is 4. The van der Waals surface area contributed by atoms with Gasteiger partial charge in [0.2, 0.25) is 0 Å². The number of hydrogen-bond donors (Lipinski definition) is 0. The molecule has 3 aromatic carbocycles. The van der Waals surface area contributed by atoms with Gasteiger partial charge in [-0.3, -0.25) is 9.59 Å². The lowest BCUT2D eigenvalue weighted by Gasteiger charge is -2.20. The maximum absolute atomic E-state index is 13.8. The lowest BCUT2D eigenvalue weighted by atomic mass is 9.82. The summed E-state index contributed by atoms with van der Waals surface area (Å²) in [6.07, 6.45) is 0. The van der Waals surface area contributed by atoms with E-state index in [2.05, 4.69) is 0 Å². The maximum atomic E-state index is 13.8. The number of benzene rings is 3. The van der Waals surface area contributed by atoms with Gasteiger partial charge in [0.15, 0.2) is 11.6 Å². The largest absolute Gasteiger partial charge is 0.289 e. The van der Waals surface area contributed by atoms with Gasteiger partial charge in [-0.1, -0.05) is 75.9 Å². The highest BCUT2D eigenvalue weighted by Gasteiger charge is 2.41. The van der Waals surface area contributed by atoms with Crippen molar-refractivity contribution in [3.63, 3.8) is 0 Å². The van der Waals surface area contributed by atoms with Crippen molar-refractivity contribution in [2.75, 3.05) is 0 Å². The summed E-state index contributed by atoms with van der Waals surface area (Å²) >= 11 is 5.30. The zero-order valence-corrected chi connectivity index (χ0v) is 28.0. The van der Waals surface area contributed by atoms with Gasteiger partial charge in [-0.2, -0.15) is 0 Å². The Morgan fingerprint density at radius 2 is 0.979 bits per heavy atom. The molecular formula is C42H30O2S4. The first-order chi connectivity index (χ1) is 28.9. The molecule has 2 aliphatic carbocycles. The second-order valence-corrected chi connectivity index (χ2v) is 16.1. The Hall–Kier alpha value is -4.20. The van der Waals surface area contributed by atoms with E-state index in [1.807, 2.05) is 24.3 Å². The molecule has 0 bridgehead atoms. The van der Waals surface area contributed by atoms with Crippen molar-refractivity contribution in [2.45, 2.75) is 38.2 Å². The number of ketones is 2. The van der Waals surface area contributed by atoms with Crippen LogP contribution in [0.2, 0.25) is 0 Å².